The maximum Gasteiger partial charge on any atom is 0.231 e. The maximum atomic E-state index is 12.4. The summed E-state index contributed by atoms with van der Waals surface area (Å²) in [6, 6.07) is 17.2. The molecule has 23 heavy (non-hydrogen) atoms. The fourth-order valence-electron chi connectivity index (χ4n) is 2.30. The molecule has 1 unspecified atom stereocenters. The van der Waals surface area contributed by atoms with Gasteiger partial charge in [-0.15, -0.1) is 12.4 Å². The van der Waals surface area contributed by atoms with Gasteiger partial charge in [0.25, 0.3) is 0 Å². The van der Waals surface area contributed by atoms with Crippen LogP contribution in [0.2, 0.25) is 0 Å². The van der Waals surface area contributed by atoms with E-state index in [9.17, 15) is 4.79 Å². The number of benzene rings is 2. The van der Waals surface area contributed by atoms with E-state index in [4.69, 9.17) is 10.5 Å². The van der Waals surface area contributed by atoms with Crippen LogP contribution in [0.5, 0.6) is 5.75 Å². The molecule has 4 nitrogen and oxygen atoms in total. The molecule has 1 atom stereocenters. The monoisotopic (exact) mass is 334 g/mol. The Labute approximate surface area is 143 Å². The molecule has 0 saturated heterocycles. The summed E-state index contributed by atoms with van der Waals surface area (Å²) in [5.74, 6) is 0.609. The molecule has 0 bridgehead atoms. The average Bonchev–Trinajstić information content (AvgIpc) is 2.56. The zero-order chi connectivity index (χ0) is 15.8. The van der Waals surface area contributed by atoms with Crippen molar-refractivity contribution < 1.29 is 9.53 Å². The fraction of sp³-hybridized carbons (Fsp3) is 0.278. The summed E-state index contributed by atoms with van der Waals surface area (Å²) in [5, 5.41) is 2.96. The number of rotatable bonds is 7. The first-order valence-electron chi connectivity index (χ1n) is 7.53. The van der Waals surface area contributed by atoms with E-state index in [0.29, 0.717) is 13.2 Å². The van der Waals surface area contributed by atoms with Gasteiger partial charge in [0.15, 0.2) is 0 Å². The minimum atomic E-state index is -0.144. The largest absolute Gasteiger partial charge is 0.492 e. The van der Waals surface area contributed by atoms with Gasteiger partial charge >= 0.3 is 0 Å². The van der Waals surface area contributed by atoms with Crippen LogP contribution in [0.3, 0.4) is 0 Å². The number of halogens is 1. The van der Waals surface area contributed by atoms with Crippen molar-refractivity contribution in [1.29, 1.82) is 0 Å². The topological polar surface area (TPSA) is 64.3 Å². The maximum absolute atomic E-state index is 12.4. The van der Waals surface area contributed by atoms with Gasteiger partial charge in [0, 0.05) is 12.2 Å². The van der Waals surface area contributed by atoms with Gasteiger partial charge in [0.1, 0.15) is 12.4 Å². The normalized spacial score (nSPS) is 11.2. The van der Waals surface area contributed by atoms with Crippen LogP contribution in [-0.4, -0.2) is 19.1 Å². The molecule has 0 aliphatic rings. The summed E-state index contributed by atoms with van der Waals surface area (Å²) in [6.45, 7) is 2.98. The van der Waals surface area contributed by atoms with Gasteiger partial charge in [-0.25, -0.2) is 0 Å². The molecule has 0 aliphatic heterocycles. The van der Waals surface area contributed by atoms with E-state index in [0.717, 1.165) is 23.4 Å². The third-order valence-electron chi connectivity index (χ3n) is 3.44. The standard InChI is InChI=1S/C18H22N2O2.ClH/c1-2-17(14-6-4-3-5-7-14)18(21)20-15-8-10-16(11-9-15)22-13-12-19;/h3-11,17H,2,12-13,19H2,1H3,(H,20,21);1H. The van der Waals surface area contributed by atoms with Gasteiger partial charge in [-0.2, -0.15) is 0 Å². The molecule has 0 spiro atoms. The Bertz CT molecular complexity index is 588. The Morgan fingerprint density at radius 3 is 2.35 bits per heavy atom. The minimum Gasteiger partial charge on any atom is -0.492 e. The van der Waals surface area contributed by atoms with Crippen LogP contribution < -0.4 is 15.8 Å². The van der Waals surface area contributed by atoms with Crippen molar-refractivity contribution in [2.45, 2.75) is 19.3 Å². The third-order valence-corrected chi connectivity index (χ3v) is 3.44. The van der Waals surface area contributed by atoms with Crippen molar-refractivity contribution in [3.8, 4) is 5.75 Å². The van der Waals surface area contributed by atoms with Crippen LogP contribution in [0, 0.1) is 0 Å². The van der Waals surface area contributed by atoms with E-state index in [2.05, 4.69) is 5.32 Å². The Kier molecular flexibility index (Phi) is 8.16. The molecular formula is C18H23ClN2O2. The highest BCUT2D eigenvalue weighted by Crippen LogP contribution is 2.22. The molecular weight excluding hydrogens is 312 g/mol. The predicted octanol–water partition coefficient (Wildman–Crippen LogP) is 3.58. The summed E-state index contributed by atoms with van der Waals surface area (Å²) in [4.78, 5) is 12.4. The van der Waals surface area contributed by atoms with Gasteiger partial charge in [0.2, 0.25) is 5.91 Å². The van der Waals surface area contributed by atoms with E-state index in [1.54, 1.807) is 0 Å². The summed E-state index contributed by atoms with van der Waals surface area (Å²) in [6.07, 6.45) is 0.757. The zero-order valence-electron chi connectivity index (χ0n) is 13.2. The Morgan fingerprint density at radius 1 is 1.13 bits per heavy atom. The lowest BCUT2D eigenvalue weighted by Gasteiger charge is -2.15. The number of nitrogens with one attached hydrogen (secondary N) is 1. The van der Waals surface area contributed by atoms with Crippen LogP contribution in [0.4, 0.5) is 5.69 Å². The van der Waals surface area contributed by atoms with E-state index >= 15 is 0 Å². The molecule has 124 valence electrons. The van der Waals surface area contributed by atoms with Gasteiger partial charge in [-0.05, 0) is 36.2 Å². The Balaban J connectivity index is 0.00000264. The first kappa shape index (κ1) is 19.0. The van der Waals surface area contributed by atoms with Crippen LogP contribution >= 0.6 is 12.4 Å². The second-order valence-electron chi connectivity index (χ2n) is 5.02. The molecule has 2 aromatic carbocycles. The van der Waals surface area contributed by atoms with Crippen LogP contribution in [-0.2, 0) is 4.79 Å². The van der Waals surface area contributed by atoms with Crippen molar-refractivity contribution in [3.05, 3.63) is 60.2 Å². The molecule has 5 heteroatoms. The summed E-state index contributed by atoms with van der Waals surface area (Å²) < 4.78 is 5.42. The van der Waals surface area contributed by atoms with Crippen LogP contribution in [0.1, 0.15) is 24.8 Å². The molecule has 0 aliphatic carbocycles. The second kappa shape index (κ2) is 9.87. The number of nitrogens with two attached hydrogens (primary N) is 1. The van der Waals surface area contributed by atoms with Crippen LogP contribution in [0.15, 0.2) is 54.6 Å². The molecule has 0 aromatic heterocycles. The average molecular weight is 335 g/mol. The fourth-order valence-corrected chi connectivity index (χ4v) is 2.30. The number of carbonyl (C=O) groups is 1. The summed E-state index contributed by atoms with van der Waals surface area (Å²) >= 11 is 0. The van der Waals surface area contributed by atoms with Crippen molar-refractivity contribution in [2.24, 2.45) is 5.73 Å². The molecule has 1 amide bonds. The highest BCUT2D eigenvalue weighted by Gasteiger charge is 2.18. The van der Waals surface area contributed by atoms with Gasteiger partial charge < -0.3 is 15.8 Å². The zero-order valence-corrected chi connectivity index (χ0v) is 14.0. The molecule has 0 saturated carbocycles. The van der Waals surface area contributed by atoms with Crippen molar-refractivity contribution in [1.82, 2.24) is 0 Å². The van der Waals surface area contributed by atoms with Gasteiger partial charge in [-0.1, -0.05) is 37.3 Å². The SMILES string of the molecule is CCC(C(=O)Nc1ccc(OCCN)cc1)c1ccccc1.Cl. The summed E-state index contributed by atoms with van der Waals surface area (Å²) in [7, 11) is 0. The third kappa shape index (κ3) is 5.58. The molecule has 0 radical (unpaired) electrons. The minimum absolute atomic E-state index is 0. The molecule has 0 fully saturated rings. The van der Waals surface area contributed by atoms with E-state index < -0.39 is 0 Å². The van der Waals surface area contributed by atoms with E-state index in [1.807, 2.05) is 61.5 Å². The summed E-state index contributed by atoms with van der Waals surface area (Å²) in [5.41, 5.74) is 7.19. The first-order valence-corrected chi connectivity index (χ1v) is 7.53. The molecule has 2 rings (SSSR count). The highest BCUT2D eigenvalue weighted by atomic mass is 35.5. The van der Waals surface area contributed by atoms with Crippen LogP contribution in [0.25, 0.3) is 0 Å². The number of carbonyl (C=O) groups excluding carboxylic acids is 1. The first-order chi connectivity index (χ1) is 10.7. The highest BCUT2D eigenvalue weighted by molar-refractivity contribution is 5.95. The quantitative estimate of drug-likeness (QED) is 0.813. The van der Waals surface area contributed by atoms with Crippen molar-refractivity contribution in [2.75, 3.05) is 18.5 Å². The number of amides is 1. The second-order valence-corrected chi connectivity index (χ2v) is 5.02. The lowest BCUT2D eigenvalue weighted by atomic mass is 9.95. The van der Waals surface area contributed by atoms with E-state index in [1.165, 1.54) is 0 Å². The molecule has 2 aromatic rings. The number of ether oxygens (including phenoxy) is 1. The van der Waals surface area contributed by atoms with Gasteiger partial charge in [-0.3, -0.25) is 4.79 Å². The smallest absolute Gasteiger partial charge is 0.231 e. The number of hydrogen-bond acceptors (Lipinski definition) is 3. The van der Waals surface area contributed by atoms with Crippen molar-refractivity contribution >= 4 is 24.0 Å². The predicted molar refractivity (Wildman–Crippen MR) is 96.3 cm³/mol. The Morgan fingerprint density at radius 2 is 1.78 bits per heavy atom. The Hall–Kier alpha value is -2.04. The van der Waals surface area contributed by atoms with Crippen molar-refractivity contribution in [3.63, 3.8) is 0 Å². The lowest BCUT2D eigenvalue weighted by Crippen LogP contribution is -2.20. The molecule has 0 heterocycles. The van der Waals surface area contributed by atoms with Gasteiger partial charge in [0.05, 0.1) is 5.92 Å². The number of hydrogen-bond donors (Lipinski definition) is 2. The molecule has 3 N–H and O–H groups in total. The lowest BCUT2D eigenvalue weighted by molar-refractivity contribution is -0.117. The number of anilines is 1. The van der Waals surface area contributed by atoms with E-state index in [-0.39, 0.29) is 24.2 Å².